The van der Waals surface area contributed by atoms with Gasteiger partial charge in [-0.2, -0.15) is 0 Å². The molecule has 3 N–H and O–H groups in total. The molecule has 0 aliphatic rings. The molecule has 3 heterocycles. The van der Waals surface area contributed by atoms with E-state index in [1.807, 2.05) is 39.8 Å². The van der Waals surface area contributed by atoms with E-state index in [9.17, 15) is 9.59 Å². The first-order valence-corrected chi connectivity index (χ1v) is 8.84. The van der Waals surface area contributed by atoms with Crippen LogP contribution in [0, 0.1) is 6.92 Å². The number of carbonyl (C=O) groups is 1. The Morgan fingerprint density at radius 3 is 2.77 bits per heavy atom. The van der Waals surface area contributed by atoms with Gasteiger partial charge >= 0.3 is 0 Å². The summed E-state index contributed by atoms with van der Waals surface area (Å²) in [6.45, 7) is 8.26. The largest absolute Gasteiger partial charge is 0.352 e. The molecule has 3 aromatic heterocycles. The normalized spacial score (nSPS) is 12.5. The fourth-order valence-corrected chi connectivity index (χ4v) is 3.09. The molecule has 1 amide bonds. The third-order valence-electron chi connectivity index (χ3n) is 4.65. The second-order valence-corrected chi connectivity index (χ2v) is 6.52. The Kier molecular flexibility index (Phi) is 4.63. The van der Waals surface area contributed by atoms with Crippen molar-refractivity contribution in [1.29, 1.82) is 0 Å². The zero-order chi connectivity index (χ0) is 19.0. The van der Waals surface area contributed by atoms with Crippen molar-refractivity contribution in [3.8, 4) is 0 Å². The van der Waals surface area contributed by atoms with Crippen LogP contribution in [0.2, 0.25) is 0 Å². The standard InChI is InChI=1S/C19H23N5O2/c1-5-12(4)24-16(20)13(18(25)21-6-2)9-14-17(24)22-15-8-7-11(3)10-23(15)19(14)26/h7-10,12,20H,5-6H2,1-4H3,(H,21,25)/p+1/t12-/m0/s1. The molecule has 0 bridgehead atoms. The van der Waals surface area contributed by atoms with Crippen molar-refractivity contribution >= 4 is 28.4 Å². The number of nitrogens with one attached hydrogen (secondary N) is 1. The van der Waals surface area contributed by atoms with Gasteiger partial charge < -0.3 is 11.1 Å². The van der Waals surface area contributed by atoms with Crippen LogP contribution in [0.4, 0.5) is 5.82 Å². The second kappa shape index (κ2) is 6.74. The van der Waals surface area contributed by atoms with Gasteiger partial charge in [-0.05, 0) is 44.9 Å². The van der Waals surface area contributed by atoms with Gasteiger partial charge in [0.25, 0.3) is 17.1 Å². The van der Waals surface area contributed by atoms with Gasteiger partial charge in [-0.15, -0.1) is 0 Å². The zero-order valence-corrected chi connectivity index (χ0v) is 15.5. The molecule has 3 rings (SSSR count). The van der Waals surface area contributed by atoms with Crippen LogP contribution >= 0.6 is 0 Å². The average Bonchev–Trinajstić information content (AvgIpc) is 2.62. The molecule has 0 spiro atoms. The molecule has 0 fully saturated rings. The maximum atomic E-state index is 13.1. The topological polar surface area (TPSA) is 93.4 Å². The van der Waals surface area contributed by atoms with Crippen molar-refractivity contribution in [3.05, 3.63) is 45.9 Å². The van der Waals surface area contributed by atoms with E-state index in [-0.39, 0.29) is 17.5 Å². The summed E-state index contributed by atoms with van der Waals surface area (Å²) in [4.78, 5) is 30.2. The van der Waals surface area contributed by atoms with E-state index < -0.39 is 0 Å². The molecule has 3 aromatic rings. The molecule has 0 aliphatic carbocycles. The average molecular weight is 354 g/mol. The predicted octanol–water partition coefficient (Wildman–Crippen LogP) is 1.75. The Hall–Kier alpha value is -2.96. The Balaban J connectivity index is 2.48. The molecular formula is C19H24N5O2+. The van der Waals surface area contributed by atoms with E-state index in [4.69, 9.17) is 5.73 Å². The smallest absolute Gasteiger partial charge is 0.278 e. The van der Waals surface area contributed by atoms with Gasteiger partial charge in [0, 0.05) is 12.7 Å². The predicted molar refractivity (Wildman–Crippen MR) is 101 cm³/mol. The van der Waals surface area contributed by atoms with Crippen LogP contribution in [0.1, 0.15) is 49.2 Å². The van der Waals surface area contributed by atoms with Gasteiger partial charge in [0.05, 0.1) is 6.04 Å². The number of fused-ring (bicyclic) bond motifs is 2. The number of aryl methyl sites for hydroxylation is 1. The van der Waals surface area contributed by atoms with E-state index in [1.54, 1.807) is 16.8 Å². The molecule has 0 unspecified atom stereocenters. The Morgan fingerprint density at radius 1 is 1.38 bits per heavy atom. The fraction of sp³-hybridized carbons (Fsp3) is 0.368. The van der Waals surface area contributed by atoms with Gasteiger partial charge in [-0.25, -0.2) is 4.57 Å². The SMILES string of the molecule is CCNC(=O)c1cc2c(=O)n3cc(C)ccc3nc2[n+]([C@@H](C)CC)c1N. The maximum Gasteiger partial charge on any atom is 0.278 e. The molecular weight excluding hydrogens is 330 g/mol. The minimum Gasteiger partial charge on any atom is -0.352 e. The summed E-state index contributed by atoms with van der Waals surface area (Å²) in [6.07, 6.45) is 2.54. The summed E-state index contributed by atoms with van der Waals surface area (Å²) in [6, 6.07) is 5.27. The van der Waals surface area contributed by atoms with Gasteiger partial charge in [0.1, 0.15) is 10.9 Å². The number of rotatable bonds is 4. The van der Waals surface area contributed by atoms with Crippen LogP contribution in [-0.2, 0) is 0 Å². The van der Waals surface area contributed by atoms with Crippen LogP contribution in [0.25, 0.3) is 16.7 Å². The molecule has 7 nitrogen and oxygen atoms in total. The number of hydrogen-bond acceptors (Lipinski definition) is 4. The number of aromatic nitrogens is 3. The van der Waals surface area contributed by atoms with Gasteiger partial charge in [0.15, 0.2) is 0 Å². The zero-order valence-electron chi connectivity index (χ0n) is 15.5. The number of nitrogens with zero attached hydrogens (tertiary/aromatic N) is 3. The van der Waals surface area contributed by atoms with Gasteiger partial charge in [0.2, 0.25) is 11.5 Å². The highest BCUT2D eigenvalue weighted by Crippen LogP contribution is 2.18. The van der Waals surface area contributed by atoms with Crippen LogP contribution in [-0.4, -0.2) is 21.8 Å². The van der Waals surface area contributed by atoms with E-state index in [0.29, 0.717) is 34.6 Å². The monoisotopic (exact) mass is 354 g/mol. The van der Waals surface area contributed by atoms with Crippen LogP contribution in [0.15, 0.2) is 29.2 Å². The number of nitrogens with two attached hydrogens (primary N) is 1. The molecule has 0 saturated carbocycles. The highest BCUT2D eigenvalue weighted by atomic mass is 16.1. The lowest BCUT2D eigenvalue weighted by Gasteiger charge is -2.16. The summed E-state index contributed by atoms with van der Waals surface area (Å²) in [5, 5.41) is 3.13. The minimum absolute atomic E-state index is 0.00771. The maximum absolute atomic E-state index is 13.1. The van der Waals surface area contributed by atoms with Crippen LogP contribution < -0.4 is 21.2 Å². The van der Waals surface area contributed by atoms with Crippen molar-refractivity contribution in [1.82, 2.24) is 14.7 Å². The van der Waals surface area contributed by atoms with E-state index >= 15 is 0 Å². The number of amides is 1. The molecule has 7 heteroatoms. The number of anilines is 1. The summed E-state index contributed by atoms with van der Waals surface area (Å²) in [7, 11) is 0. The van der Waals surface area contributed by atoms with Gasteiger partial charge in [-0.3, -0.25) is 14.0 Å². The molecule has 0 aromatic carbocycles. The quantitative estimate of drug-likeness (QED) is 0.551. The third kappa shape index (κ3) is 2.79. The molecule has 136 valence electrons. The van der Waals surface area contributed by atoms with Crippen LogP contribution in [0.3, 0.4) is 0 Å². The van der Waals surface area contributed by atoms with E-state index in [0.717, 1.165) is 12.0 Å². The second-order valence-electron chi connectivity index (χ2n) is 6.52. The Bertz CT molecular complexity index is 1070. The number of hydrogen-bond donors (Lipinski definition) is 2. The number of nitrogen functional groups attached to an aromatic ring is 1. The lowest BCUT2D eigenvalue weighted by Crippen LogP contribution is -2.45. The van der Waals surface area contributed by atoms with E-state index in [1.165, 1.54) is 4.40 Å². The molecule has 26 heavy (non-hydrogen) atoms. The lowest BCUT2D eigenvalue weighted by molar-refractivity contribution is -0.683. The Morgan fingerprint density at radius 2 is 2.12 bits per heavy atom. The molecule has 0 radical (unpaired) electrons. The van der Waals surface area contributed by atoms with Gasteiger partial charge in [-0.1, -0.05) is 18.0 Å². The van der Waals surface area contributed by atoms with Crippen molar-refractivity contribution in [2.45, 2.75) is 40.2 Å². The third-order valence-corrected chi connectivity index (χ3v) is 4.65. The number of pyridine rings is 2. The van der Waals surface area contributed by atoms with Crippen molar-refractivity contribution in [2.75, 3.05) is 12.3 Å². The minimum atomic E-state index is -0.294. The summed E-state index contributed by atoms with van der Waals surface area (Å²) in [5.41, 5.74) is 8.42. The summed E-state index contributed by atoms with van der Waals surface area (Å²) < 4.78 is 3.30. The highest BCUT2D eigenvalue weighted by Gasteiger charge is 2.26. The van der Waals surface area contributed by atoms with Crippen molar-refractivity contribution in [3.63, 3.8) is 0 Å². The summed E-state index contributed by atoms with van der Waals surface area (Å²) in [5.74, 6) is 0.0267. The lowest BCUT2D eigenvalue weighted by atomic mass is 10.1. The van der Waals surface area contributed by atoms with Crippen molar-refractivity contribution in [2.24, 2.45) is 0 Å². The molecule has 0 aliphatic heterocycles. The summed E-state index contributed by atoms with van der Waals surface area (Å²) >= 11 is 0. The first-order chi connectivity index (χ1) is 12.4. The van der Waals surface area contributed by atoms with Crippen LogP contribution in [0.5, 0.6) is 0 Å². The Labute approximate surface area is 151 Å². The first kappa shape index (κ1) is 17.8. The molecule has 0 saturated heterocycles. The number of carbonyl (C=O) groups excluding carboxylic acids is 1. The van der Waals surface area contributed by atoms with Crippen molar-refractivity contribution < 1.29 is 9.36 Å². The van der Waals surface area contributed by atoms with E-state index in [2.05, 4.69) is 10.3 Å². The fourth-order valence-electron chi connectivity index (χ4n) is 3.09. The molecule has 1 atom stereocenters. The highest BCUT2D eigenvalue weighted by molar-refractivity contribution is 6.00. The first-order valence-electron chi connectivity index (χ1n) is 8.84.